The third-order valence-corrected chi connectivity index (χ3v) is 5.67. The number of ketones is 1. The molecule has 0 saturated carbocycles. The molecule has 3 rings (SSSR count). The molecule has 0 aliphatic carbocycles. The number of carbonyl (C=O) groups is 1. The zero-order valence-electron chi connectivity index (χ0n) is 13.9. The minimum absolute atomic E-state index is 0.0843. The maximum atomic E-state index is 13.0. The van der Waals surface area contributed by atoms with Crippen molar-refractivity contribution in [2.45, 2.75) is 30.5 Å². The number of aryl methyl sites for hydroxylation is 1. The fourth-order valence-electron chi connectivity index (χ4n) is 2.87. The Balaban J connectivity index is 1.94. The van der Waals surface area contributed by atoms with E-state index in [1.54, 1.807) is 0 Å². The van der Waals surface area contributed by atoms with Crippen LogP contribution in [0.4, 0.5) is 13.2 Å². The average molecular weight is 379 g/mol. The van der Waals surface area contributed by atoms with E-state index in [1.165, 1.54) is 28.7 Å². The van der Waals surface area contributed by atoms with Crippen LogP contribution in [0.5, 0.6) is 0 Å². The average Bonchev–Trinajstić information content (AvgIpc) is 2.61. The zero-order chi connectivity index (χ0) is 18.9. The van der Waals surface area contributed by atoms with Crippen molar-refractivity contribution in [2.75, 3.05) is 0 Å². The Bertz CT molecular complexity index is 875. The highest BCUT2D eigenvalue weighted by Gasteiger charge is 2.32. The number of hydrogen-bond donors (Lipinski definition) is 0. The van der Waals surface area contributed by atoms with Crippen molar-refractivity contribution in [2.24, 2.45) is 0 Å². The van der Waals surface area contributed by atoms with Gasteiger partial charge in [0.05, 0.1) is 16.5 Å². The molecular weight excluding hydrogens is 363 g/mol. The Kier molecular flexibility index (Phi) is 5.00. The highest BCUT2D eigenvalue weighted by atomic mass is 32.2. The van der Waals surface area contributed by atoms with Crippen LogP contribution in [0, 0.1) is 6.92 Å². The van der Waals surface area contributed by atoms with Crippen LogP contribution in [0.25, 0.3) is 0 Å². The third-order valence-electron chi connectivity index (χ3n) is 4.23. The summed E-state index contributed by atoms with van der Waals surface area (Å²) in [5.74, 6) is -0.0843. The fraction of sp³-hybridized carbons (Fsp3) is 0.211. The lowest BCUT2D eigenvalue weighted by Gasteiger charge is -2.32. The van der Waals surface area contributed by atoms with Gasteiger partial charge in [-0.15, -0.1) is 0 Å². The summed E-state index contributed by atoms with van der Waals surface area (Å²) in [5, 5.41) is 0. The van der Waals surface area contributed by atoms with Crippen LogP contribution >= 0.6 is 0 Å². The van der Waals surface area contributed by atoms with Crippen LogP contribution in [0.3, 0.4) is 0 Å². The lowest BCUT2D eigenvalue weighted by Crippen LogP contribution is -2.31. The summed E-state index contributed by atoms with van der Waals surface area (Å²) in [4.78, 5) is 12.1. The molecule has 0 amide bonds. The molecule has 26 heavy (non-hydrogen) atoms. The smallest absolute Gasteiger partial charge is 0.295 e. The SMILES string of the molecule is Cc1ccccc1C1CC(=O)C=CN1S(=O)c1ccc(C(F)(F)F)cc1. The van der Waals surface area contributed by atoms with Crippen molar-refractivity contribution in [3.05, 3.63) is 77.5 Å². The van der Waals surface area contributed by atoms with Gasteiger partial charge in [-0.2, -0.15) is 13.2 Å². The first-order chi connectivity index (χ1) is 12.3. The number of nitrogens with zero attached hydrogens (tertiary/aromatic N) is 1. The summed E-state index contributed by atoms with van der Waals surface area (Å²) in [6.07, 6.45) is -1.48. The second-order valence-corrected chi connectivity index (χ2v) is 7.38. The van der Waals surface area contributed by atoms with Crippen molar-refractivity contribution in [3.8, 4) is 0 Å². The van der Waals surface area contributed by atoms with Crippen LogP contribution in [0.2, 0.25) is 0 Å². The number of rotatable bonds is 3. The van der Waals surface area contributed by atoms with Gasteiger partial charge in [-0.1, -0.05) is 24.3 Å². The Labute approximate surface area is 151 Å². The molecule has 1 heterocycles. The van der Waals surface area contributed by atoms with Crippen LogP contribution in [-0.4, -0.2) is 14.3 Å². The van der Waals surface area contributed by atoms with Gasteiger partial charge in [0.15, 0.2) is 16.8 Å². The molecule has 7 heteroatoms. The van der Waals surface area contributed by atoms with Gasteiger partial charge in [-0.3, -0.25) is 9.10 Å². The Morgan fingerprint density at radius 2 is 1.73 bits per heavy atom. The van der Waals surface area contributed by atoms with E-state index in [2.05, 4.69) is 0 Å². The standard InChI is InChI=1S/C19H16F3NO2S/c1-13-4-2-3-5-17(13)18-12-15(24)10-11-23(18)26(25)16-8-6-14(7-9-16)19(20,21)22/h2-11,18H,12H2,1H3. The van der Waals surface area contributed by atoms with Gasteiger partial charge in [0, 0.05) is 12.6 Å². The van der Waals surface area contributed by atoms with Gasteiger partial charge in [-0.25, -0.2) is 4.21 Å². The van der Waals surface area contributed by atoms with Gasteiger partial charge < -0.3 is 0 Å². The maximum Gasteiger partial charge on any atom is 0.416 e. The summed E-state index contributed by atoms with van der Waals surface area (Å²) in [7, 11) is -1.73. The predicted molar refractivity (Wildman–Crippen MR) is 92.4 cm³/mol. The molecule has 0 spiro atoms. The third kappa shape index (κ3) is 3.72. The van der Waals surface area contributed by atoms with Gasteiger partial charge in [0.1, 0.15) is 0 Å². The molecule has 0 N–H and O–H groups in total. The van der Waals surface area contributed by atoms with Crippen LogP contribution in [0.15, 0.2) is 65.7 Å². The fourth-order valence-corrected chi connectivity index (χ4v) is 4.07. The molecule has 0 aromatic heterocycles. The topological polar surface area (TPSA) is 37.4 Å². The molecule has 2 atom stereocenters. The molecule has 1 aliphatic heterocycles. The number of benzene rings is 2. The van der Waals surface area contributed by atoms with Gasteiger partial charge in [0.25, 0.3) is 0 Å². The summed E-state index contributed by atoms with van der Waals surface area (Å²) < 4.78 is 52.6. The first-order valence-corrected chi connectivity index (χ1v) is 9.02. The number of alkyl halides is 3. The normalized spacial score (nSPS) is 18.8. The number of allylic oxidation sites excluding steroid dienone is 1. The van der Waals surface area contributed by atoms with Crippen molar-refractivity contribution >= 4 is 16.8 Å². The monoisotopic (exact) mass is 379 g/mol. The quantitative estimate of drug-likeness (QED) is 0.784. The number of halogens is 3. The Morgan fingerprint density at radius 1 is 1.08 bits per heavy atom. The molecule has 0 fully saturated rings. The van der Waals surface area contributed by atoms with E-state index < -0.39 is 28.8 Å². The van der Waals surface area contributed by atoms with Gasteiger partial charge >= 0.3 is 6.18 Å². The Morgan fingerprint density at radius 3 is 2.35 bits per heavy atom. The number of hydrogen-bond acceptors (Lipinski definition) is 2. The molecule has 2 aromatic rings. The summed E-state index contributed by atoms with van der Waals surface area (Å²) in [6.45, 7) is 1.90. The maximum absolute atomic E-state index is 13.0. The molecule has 1 aliphatic rings. The lowest BCUT2D eigenvalue weighted by molar-refractivity contribution is -0.137. The zero-order valence-corrected chi connectivity index (χ0v) is 14.7. The van der Waals surface area contributed by atoms with Crippen LogP contribution < -0.4 is 0 Å². The second-order valence-electron chi connectivity index (χ2n) is 5.99. The van der Waals surface area contributed by atoms with E-state index in [0.717, 1.165) is 23.3 Å². The van der Waals surface area contributed by atoms with E-state index in [-0.39, 0.29) is 17.1 Å². The molecule has 0 bridgehead atoms. The summed E-state index contributed by atoms with van der Waals surface area (Å²) in [6, 6.07) is 11.3. The highest BCUT2D eigenvalue weighted by molar-refractivity contribution is 7.82. The highest BCUT2D eigenvalue weighted by Crippen LogP contribution is 2.34. The minimum Gasteiger partial charge on any atom is -0.295 e. The summed E-state index contributed by atoms with van der Waals surface area (Å²) >= 11 is 0. The van der Waals surface area contributed by atoms with E-state index in [4.69, 9.17) is 0 Å². The Hall–Kier alpha value is -2.41. The second kappa shape index (κ2) is 7.07. The van der Waals surface area contributed by atoms with Crippen LogP contribution in [-0.2, 0) is 22.0 Å². The van der Waals surface area contributed by atoms with E-state index in [0.29, 0.717) is 0 Å². The molecule has 0 saturated heterocycles. The molecule has 3 nitrogen and oxygen atoms in total. The number of carbonyl (C=O) groups excluding carboxylic acids is 1. The molecular formula is C19H16F3NO2S. The van der Waals surface area contributed by atoms with Gasteiger partial charge in [-0.05, 0) is 48.4 Å². The molecule has 0 radical (unpaired) electrons. The van der Waals surface area contributed by atoms with Crippen molar-refractivity contribution in [1.29, 1.82) is 0 Å². The molecule has 2 aromatic carbocycles. The molecule has 2 unspecified atom stereocenters. The minimum atomic E-state index is -4.44. The lowest BCUT2D eigenvalue weighted by atomic mass is 9.95. The van der Waals surface area contributed by atoms with Crippen molar-refractivity contribution in [1.82, 2.24) is 4.31 Å². The van der Waals surface area contributed by atoms with E-state index in [9.17, 15) is 22.2 Å². The van der Waals surface area contributed by atoms with E-state index in [1.807, 2.05) is 31.2 Å². The predicted octanol–water partition coefficient (Wildman–Crippen LogP) is 4.57. The van der Waals surface area contributed by atoms with Gasteiger partial charge in [0.2, 0.25) is 0 Å². The summed E-state index contributed by atoms with van der Waals surface area (Å²) in [5.41, 5.74) is 1.03. The van der Waals surface area contributed by atoms with Crippen molar-refractivity contribution < 1.29 is 22.2 Å². The van der Waals surface area contributed by atoms with Crippen LogP contribution in [0.1, 0.15) is 29.2 Å². The van der Waals surface area contributed by atoms with Crippen molar-refractivity contribution in [3.63, 3.8) is 0 Å². The largest absolute Gasteiger partial charge is 0.416 e. The first-order valence-electron chi connectivity index (χ1n) is 7.91. The van der Waals surface area contributed by atoms with E-state index >= 15 is 0 Å². The molecule has 136 valence electrons. The first kappa shape index (κ1) is 18.4.